The van der Waals surface area contributed by atoms with Crippen molar-refractivity contribution in [3.8, 4) is 0 Å². The number of benzene rings is 1. The van der Waals surface area contributed by atoms with Crippen LogP contribution in [0, 0.1) is 12.7 Å². The molecule has 17 heavy (non-hydrogen) atoms. The molecule has 0 fully saturated rings. The zero-order valence-electron chi connectivity index (χ0n) is 9.74. The molecule has 1 nitrogen and oxygen atoms in total. The quantitative estimate of drug-likeness (QED) is 0.816. The van der Waals surface area contributed by atoms with Crippen molar-refractivity contribution in [1.29, 1.82) is 0 Å². The molecule has 1 atom stereocenters. The van der Waals surface area contributed by atoms with Crippen molar-refractivity contribution in [1.82, 2.24) is 0 Å². The Bertz CT molecular complexity index is 396. The van der Waals surface area contributed by atoms with Crippen LogP contribution in [0.5, 0.6) is 0 Å². The van der Waals surface area contributed by atoms with Crippen LogP contribution in [0.4, 0.5) is 17.6 Å². The molecule has 1 rings (SSSR count). The van der Waals surface area contributed by atoms with E-state index in [9.17, 15) is 17.6 Å². The van der Waals surface area contributed by atoms with Gasteiger partial charge in [0.1, 0.15) is 5.82 Å². The number of rotatable bonds is 3. The summed E-state index contributed by atoms with van der Waals surface area (Å²) in [7, 11) is 0. The lowest BCUT2D eigenvalue weighted by Crippen LogP contribution is -2.16. The van der Waals surface area contributed by atoms with E-state index in [1.54, 1.807) is 6.92 Å². The van der Waals surface area contributed by atoms with Crippen LogP contribution in [0.15, 0.2) is 12.1 Å². The van der Waals surface area contributed by atoms with Crippen LogP contribution in [0.25, 0.3) is 0 Å². The maximum atomic E-state index is 13.3. The van der Waals surface area contributed by atoms with Crippen molar-refractivity contribution in [2.45, 2.75) is 38.9 Å². The fraction of sp³-hybridized carbons (Fsp3) is 0.500. The number of aryl methyl sites for hydroxylation is 2. The fourth-order valence-corrected chi connectivity index (χ4v) is 1.59. The van der Waals surface area contributed by atoms with E-state index in [1.807, 2.05) is 0 Å². The molecule has 0 aliphatic rings. The maximum Gasteiger partial charge on any atom is 0.419 e. The third-order valence-electron chi connectivity index (χ3n) is 2.51. The topological polar surface area (TPSA) is 26.0 Å². The summed E-state index contributed by atoms with van der Waals surface area (Å²) in [6.45, 7) is 3.11. The highest BCUT2D eigenvalue weighted by atomic mass is 19.4. The molecule has 0 saturated carbocycles. The summed E-state index contributed by atoms with van der Waals surface area (Å²) in [5.74, 6) is -1.19. The smallest absolute Gasteiger partial charge is 0.328 e. The predicted molar refractivity (Wildman–Crippen MR) is 58.1 cm³/mol. The van der Waals surface area contributed by atoms with Gasteiger partial charge in [0.25, 0.3) is 0 Å². The van der Waals surface area contributed by atoms with Crippen molar-refractivity contribution in [2.24, 2.45) is 5.73 Å². The molecule has 1 aromatic carbocycles. The number of halogens is 4. The second kappa shape index (κ2) is 5.04. The Morgan fingerprint density at radius 2 is 1.88 bits per heavy atom. The summed E-state index contributed by atoms with van der Waals surface area (Å²) >= 11 is 0. The fourth-order valence-electron chi connectivity index (χ4n) is 1.59. The molecule has 96 valence electrons. The molecule has 0 amide bonds. The predicted octanol–water partition coefficient (Wildman–Crippen LogP) is 3.43. The lowest BCUT2D eigenvalue weighted by atomic mass is 10.0. The summed E-state index contributed by atoms with van der Waals surface area (Å²) in [6.07, 6.45) is -3.66. The third-order valence-corrected chi connectivity index (χ3v) is 2.51. The Kier molecular flexibility index (Phi) is 4.14. The largest absolute Gasteiger partial charge is 0.419 e. The van der Waals surface area contributed by atoms with E-state index in [1.165, 1.54) is 13.0 Å². The zero-order valence-corrected chi connectivity index (χ0v) is 9.74. The molecule has 0 aliphatic heterocycles. The Labute approximate surface area is 97.6 Å². The molecule has 0 radical (unpaired) electrons. The number of hydrogen-bond donors (Lipinski definition) is 1. The summed E-state index contributed by atoms with van der Waals surface area (Å²) < 4.78 is 51.0. The van der Waals surface area contributed by atoms with E-state index in [2.05, 4.69) is 0 Å². The average molecular weight is 249 g/mol. The Morgan fingerprint density at radius 3 is 2.35 bits per heavy atom. The van der Waals surface area contributed by atoms with Gasteiger partial charge < -0.3 is 5.73 Å². The molecule has 5 heteroatoms. The first kappa shape index (κ1) is 14.0. The molecule has 0 aromatic heterocycles. The van der Waals surface area contributed by atoms with E-state index in [0.29, 0.717) is 18.4 Å². The summed E-state index contributed by atoms with van der Waals surface area (Å²) in [6, 6.07) is 2.21. The van der Waals surface area contributed by atoms with Gasteiger partial charge in [-0.3, -0.25) is 0 Å². The van der Waals surface area contributed by atoms with E-state index in [0.717, 1.165) is 6.07 Å². The molecule has 0 unspecified atom stereocenters. The molecule has 0 saturated heterocycles. The maximum absolute atomic E-state index is 13.3. The van der Waals surface area contributed by atoms with Gasteiger partial charge in [0.2, 0.25) is 0 Å². The monoisotopic (exact) mass is 249 g/mol. The minimum atomic E-state index is -4.65. The molecule has 0 bridgehead atoms. The lowest BCUT2D eigenvalue weighted by Gasteiger charge is -2.13. The van der Waals surface area contributed by atoms with Gasteiger partial charge in [-0.05, 0) is 43.9 Å². The minimum Gasteiger partial charge on any atom is -0.328 e. The lowest BCUT2D eigenvalue weighted by molar-refractivity contribution is -0.140. The first-order valence-corrected chi connectivity index (χ1v) is 5.33. The standard InChI is InChI=1S/C12H15F4N/c1-7-5-9(4-3-8(2)17)6-10(11(7)13)12(14,15)16/h5-6,8H,3-4,17H2,1-2H3/t8-/m0/s1. The minimum absolute atomic E-state index is 0.0134. The molecular weight excluding hydrogens is 234 g/mol. The molecule has 0 spiro atoms. The first-order valence-electron chi connectivity index (χ1n) is 5.33. The van der Waals surface area contributed by atoms with Crippen molar-refractivity contribution in [3.05, 3.63) is 34.6 Å². The second-order valence-electron chi connectivity index (χ2n) is 4.29. The summed E-state index contributed by atoms with van der Waals surface area (Å²) in [5.41, 5.74) is 4.82. The van der Waals surface area contributed by atoms with Crippen LogP contribution in [0.2, 0.25) is 0 Å². The van der Waals surface area contributed by atoms with Crippen molar-refractivity contribution in [3.63, 3.8) is 0 Å². The van der Waals surface area contributed by atoms with Gasteiger partial charge in [-0.2, -0.15) is 13.2 Å². The number of alkyl halides is 3. The molecule has 0 aliphatic carbocycles. The average Bonchev–Trinajstić information content (AvgIpc) is 2.17. The van der Waals surface area contributed by atoms with E-state index >= 15 is 0 Å². The van der Waals surface area contributed by atoms with Gasteiger partial charge in [0.15, 0.2) is 0 Å². The number of nitrogens with two attached hydrogens (primary N) is 1. The third kappa shape index (κ3) is 3.70. The van der Waals surface area contributed by atoms with Crippen molar-refractivity contribution in [2.75, 3.05) is 0 Å². The highest BCUT2D eigenvalue weighted by molar-refractivity contribution is 5.33. The van der Waals surface area contributed by atoms with Gasteiger partial charge in [-0.1, -0.05) is 6.07 Å². The van der Waals surface area contributed by atoms with Gasteiger partial charge in [-0.25, -0.2) is 4.39 Å². The van der Waals surface area contributed by atoms with Crippen molar-refractivity contribution >= 4 is 0 Å². The van der Waals surface area contributed by atoms with Crippen LogP contribution in [0.3, 0.4) is 0 Å². The molecule has 2 N–H and O–H groups in total. The van der Waals surface area contributed by atoms with Crippen molar-refractivity contribution < 1.29 is 17.6 Å². The molecule has 0 heterocycles. The van der Waals surface area contributed by atoms with Gasteiger partial charge in [-0.15, -0.1) is 0 Å². The van der Waals surface area contributed by atoms with Gasteiger partial charge >= 0.3 is 6.18 Å². The second-order valence-corrected chi connectivity index (χ2v) is 4.29. The van der Waals surface area contributed by atoms with E-state index in [-0.39, 0.29) is 11.6 Å². The number of hydrogen-bond acceptors (Lipinski definition) is 1. The molecule has 1 aromatic rings. The normalized spacial score (nSPS) is 13.8. The Morgan fingerprint density at radius 1 is 1.29 bits per heavy atom. The van der Waals surface area contributed by atoms with Crippen LogP contribution in [0.1, 0.15) is 30.0 Å². The molecular formula is C12H15F4N. The SMILES string of the molecule is Cc1cc(CC[C@H](C)N)cc(C(F)(F)F)c1F. The Balaban J connectivity index is 3.07. The zero-order chi connectivity index (χ0) is 13.2. The van der Waals surface area contributed by atoms with E-state index in [4.69, 9.17) is 5.73 Å². The highest BCUT2D eigenvalue weighted by Gasteiger charge is 2.34. The van der Waals surface area contributed by atoms with Crippen LogP contribution >= 0.6 is 0 Å². The summed E-state index contributed by atoms with van der Waals surface area (Å²) in [4.78, 5) is 0. The highest BCUT2D eigenvalue weighted by Crippen LogP contribution is 2.33. The first-order chi connectivity index (χ1) is 7.71. The Hall–Kier alpha value is -1.10. The van der Waals surface area contributed by atoms with Gasteiger partial charge in [0.05, 0.1) is 5.56 Å². The summed E-state index contributed by atoms with van der Waals surface area (Å²) in [5, 5.41) is 0. The van der Waals surface area contributed by atoms with Crippen LogP contribution < -0.4 is 5.73 Å². The van der Waals surface area contributed by atoms with Crippen LogP contribution in [-0.2, 0) is 12.6 Å². The van der Waals surface area contributed by atoms with Gasteiger partial charge in [0, 0.05) is 6.04 Å². The van der Waals surface area contributed by atoms with Crippen LogP contribution in [-0.4, -0.2) is 6.04 Å². The van der Waals surface area contributed by atoms with E-state index < -0.39 is 17.6 Å².